The molecule has 0 bridgehead atoms. The van der Waals surface area contributed by atoms with E-state index in [-0.39, 0.29) is 5.91 Å². The van der Waals surface area contributed by atoms with Gasteiger partial charge in [0, 0.05) is 19.0 Å². The number of fused-ring (bicyclic) bond motifs is 1. The van der Waals surface area contributed by atoms with Gasteiger partial charge in [0.25, 0.3) is 5.91 Å². The van der Waals surface area contributed by atoms with E-state index in [1.54, 1.807) is 11.9 Å². The second-order valence-electron chi connectivity index (χ2n) is 4.61. The molecule has 3 N–H and O–H groups in total. The smallest absolute Gasteiger partial charge is 0.270 e. The lowest BCUT2D eigenvalue weighted by Crippen LogP contribution is -2.28. The summed E-state index contributed by atoms with van der Waals surface area (Å²) in [4.78, 5) is 16.9. The van der Waals surface area contributed by atoms with Gasteiger partial charge >= 0.3 is 0 Å². The third-order valence-electron chi connectivity index (χ3n) is 2.77. The number of carbonyl (C=O) groups is 1. The second kappa shape index (κ2) is 4.56. The first kappa shape index (κ1) is 12.2. The number of amides is 1. The number of aromatic amines is 1. The number of nitrogens with two attached hydrogens (primary N) is 1. The molecule has 2 rings (SSSR count). The van der Waals surface area contributed by atoms with Gasteiger partial charge in [-0.1, -0.05) is 24.3 Å². The van der Waals surface area contributed by atoms with Crippen LogP contribution in [0.25, 0.3) is 10.9 Å². The van der Waals surface area contributed by atoms with E-state index >= 15 is 0 Å². The molecular weight excluding hydrogens is 226 g/mol. The Morgan fingerprint density at radius 2 is 2.22 bits per heavy atom. The second-order valence-corrected chi connectivity index (χ2v) is 4.61. The first-order valence-corrected chi connectivity index (χ1v) is 5.76. The largest absolute Gasteiger partial charge is 0.397 e. The number of anilines is 1. The van der Waals surface area contributed by atoms with Gasteiger partial charge in [-0.2, -0.15) is 0 Å². The van der Waals surface area contributed by atoms with Crippen molar-refractivity contribution in [1.29, 1.82) is 0 Å². The summed E-state index contributed by atoms with van der Waals surface area (Å²) >= 11 is 0. The molecular formula is C14H17N3O. The Hall–Kier alpha value is -2.23. The van der Waals surface area contributed by atoms with Crippen LogP contribution in [0, 0.1) is 0 Å². The Morgan fingerprint density at radius 3 is 2.83 bits per heavy atom. The Balaban J connectivity index is 2.34. The fraction of sp³-hybridized carbons (Fsp3) is 0.214. The summed E-state index contributed by atoms with van der Waals surface area (Å²) in [5.74, 6) is -0.0615. The SMILES string of the molecule is C=C(C)CN(C)C(=O)c1cc2cccc(N)c2[nH]1. The van der Waals surface area contributed by atoms with Gasteiger partial charge in [0.15, 0.2) is 0 Å². The highest BCUT2D eigenvalue weighted by Crippen LogP contribution is 2.21. The van der Waals surface area contributed by atoms with Crippen LogP contribution in [0.4, 0.5) is 5.69 Å². The number of aromatic nitrogens is 1. The normalized spacial score (nSPS) is 10.6. The van der Waals surface area contributed by atoms with Crippen molar-refractivity contribution in [2.75, 3.05) is 19.3 Å². The quantitative estimate of drug-likeness (QED) is 0.642. The summed E-state index contributed by atoms with van der Waals surface area (Å²) in [6.45, 7) is 6.25. The summed E-state index contributed by atoms with van der Waals surface area (Å²) in [6.07, 6.45) is 0. The minimum absolute atomic E-state index is 0.0615. The van der Waals surface area contributed by atoms with Crippen LogP contribution in [0.15, 0.2) is 36.4 Å². The van der Waals surface area contributed by atoms with Crippen molar-refractivity contribution in [1.82, 2.24) is 9.88 Å². The number of nitrogens with zero attached hydrogens (tertiary/aromatic N) is 1. The number of para-hydroxylation sites is 1. The molecule has 1 heterocycles. The van der Waals surface area contributed by atoms with Crippen molar-refractivity contribution < 1.29 is 4.79 Å². The van der Waals surface area contributed by atoms with Crippen LogP contribution in [0.5, 0.6) is 0 Å². The standard InChI is InChI=1S/C14H17N3O/c1-9(2)8-17(3)14(18)12-7-10-5-4-6-11(15)13(10)16-12/h4-7,16H,1,8,15H2,2-3H3. The molecule has 0 radical (unpaired) electrons. The predicted molar refractivity (Wildman–Crippen MR) is 74.5 cm³/mol. The zero-order valence-electron chi connectivity index (χ0n) is 10.7. The van der Waals surface area contributed by atoms with Gasteiger partial charge in [0.1, 0.15) is 5.69 Å². The molecule has 1 amide bonds. The van der Waals surface area contributed by atoms with Gasteiger partial charge in [-0.3, -0.25) is 4.79 Å². The molecule has 0 atom stereocenters. The summed E-state index contributed by atoms with van der Waals surface area (Å²) < 4.78 is 0. The number of nitrogens with one attached hydrogen (secondary N) is 1. The molecule has 4 nitrogen and oxygen atoms in total. The summed E-state index contributed by atoms with van der Waals surface area (Å²) in [7, 11) is 1.76. The number of hydrogen-bond donors (Lipinski definition) is 2. The molecule has 0 fully saturated rings. The van der Waals surface area contributed by atoms with Crippen molar-refractivity contribution >= 4 is 22.5 Å². The highest BCUT2D eigenvalue weighted by Gasteiger charge is 2.14. The average molecular weight is 243 g/mol. The molecule has 1 aromatic carbocycles. The third kappa shape index (κ3) is 2.22. The Bertz CT molecular complexity index is 613. The number of benzene rings is 1. The molecule has 4 heteroatoms. The van der Waals surface area contributed by atoms with Crippen LogP contribution in [-0.2, 0) is 0 Å². The van der Waals surface area contributed by atoms with Crippen molar-refractivity contribution in [2.45, 2.75) is 6.92 Å². The monoisotopic (exact) mass is 243 g/mol. The van der Waals surface area contributed by atoms with Gasteiger partial charge in [-0.25, -0.2) is 0 Å². The van der Waals surface area contributed by atoms with E-state index in [4.69, 9.17) is 5.73 Å². The first-order valence-electron chi connectivity index (χ1n) is 5.76. The maximum absolute atomic E-state index is 12.2. The zero-order valence-corrected chi connectivity index (χ0v) is 10.7. The summed E-state index contributed by atoms with van der Waals surface area (Å²) in [5, 5.41) is 0.946. The van der Waals surface area contributed by atoms with Crippen molar-refractivity contribution in [3.63, 3.8) is 0 Å². The summed E-state index contributed by atoms with van der Waals surface area (Å²) in [6, 6.07) is 7.43. The van der Waals surface area contributed by atoms with Crippen LogP contribution >= 0.6 is 0 Å². The fourth-order valence-electron chi connectivity index (χ4n) is 1.98. The number of H-pyrrole nitrogens is 1. The molecule has 94 valence electrons. The minimum Gasteiger partial charge on any atom is -0.397 e. The van der Waals surface area contributed by atoms with Crippen LogP contribution in [0.1, 0.15) is 17.4 Å². The van der Waals surface area contributed by atoms with E-state index < -0.39 is 0 Å². The predicted octanol–water partition coefficient (Wildman–Crippen LogP) is 2.40. The Morgan fingerprint density at radius 1 is 1.50 bits per heavy atom. The highest BCUT2D eigenvalue weighted by molar-refractivity contribution is 6.00. The molecule has 0 aliphatic heterocycles. The average Bonchev–Trinajstić information content (AvgIpc) is 2.72. The number of hydrogen-bond acceptors (Lipinski definition) is 2. The third-order valence-corrected chi connectivity index (χ3v) is 2.77. The van der Waals surface area contributed by atoms with E-state index in [0.717, 1.165) is 16.5 Å². The lowest BCUT2D eigenvalue weighted by atomic mass is 10.2. The fourth-order valence-corrected chi connectivity index (χ4v) is 1.98. The Labute approximate surface area is 106 Å². The van der Waals surface area contributed by atoms with E-state index in [0.29, 0.717) is 17.9 Å². The Kier molecular flexibility index (Phi) is 3.10. The van der Waals surface area contributed by atoms with E-state index in [9.17, 15) is 4.79 Å². The van der Waals surface area contributed by atoms with Gasteiger partial charge in [0.05, 0.1) is 11.2 Å². The molecule has 0 aliphatic rings. The molecule has 0 saturated heterocycles. The number of likely N-dealkylation sites (N-methyl/N-ethyl adjacent to an activating group) is 1. The zero-order chi connectivity index (χ0) is 13.3. The summed E-state index contributed by atoms with van der Waals surface area (Å²) in [5.41, 5.74) is 8.81. The van der Waals surface area contributed by atoms with E-state index in [2.05, 4.69) is 11.6 Å². The maximum atomic E-state index is 12.2. The lowest BCUT2D eigenvalue weighted by Gasteiger charge is -2.15. The van der Waals surface area contributed by atoms with Crippen LogP contribution < -0.4 is 5.73 Å². The number of carbonyl (C=O) groups excluding carboxylic acids is 1. The lowest BCUT2D eigenvalue weighted by molar-refractivity contribution is 0.0802. The molecule has 0 unspecified atom stereocenters. The van der Waals surface area contributed by atoms with Gasteiger partial charge in [-0.15, -0.1) is 0 Å². The van der Waals surface area contributed by atoms with Crippen LogP contribution in [0.2, 0.25) is 0 Å². The van der Waals surface area contributed by atoms with Crippen LogP contribution in [0.3, 0.4) is 0 Å². The van der Waals surface area contributed by atoms with Crippen molar-refractivity contribution in [2.24, 2.45) is 0 Å². The number of rotatable bonds is 3. The minimum atomic E-state index is -0.0615. The van der Waals surface area contributed by atoms with Gasteiger partial charge < -0.3 is 15.6 Å². The van der Waals surface area contributed by atoms with Crippen molar-refractivity contribution in [3.05, 3.63) is 42.1 Å². The van der Waals surface area contributed by atoms with Crippen LogP contribution in [-0.4, -0.2) is 29.4 Å². The van der Waals surface area contributed by atoms with Gasteiger partial charge in [-0.05, 0) is 19.1 Å². The molecule has 0 spiro atoms. The molecule has 2 aromatic rings. The van der Waals surface area contributed by atoms with E-state index in [1.165, 1.54) is 0 Å². The molecule has 1 aromatic heterocycles. The first-order chi connectivity index (χ1) is 8.49. The van der Waals surface area contributed by atoms with Gasteiger partial charge in [0.2, 0.25) is 0 Å². The molecule has 0 saturated carbocycles. The number of nitrogen functional groups attached to an aromatic ring is 1. The maximum Gasteiger partial charge on any atom is 0.270 e. The molecule has 18 heavy (non-hydrogen) atoms. The highest BCUT2D eigenvalue weighted by atomic mass is 16.2. The molecule has 0 aliphatic carbocycles. The van der Waals surface area contributed by atoms with Crippen molar-refractivity contribution in [3.8, 4) is 0 Å². The van der Waals surface area contributed by atoms with E-state index in [1.807, 2.05) is 31.2 Å². The topological polar surface area (TPSA) is 62.1 Å².